The van der Waals surface area contributed by atoms with Crippen LogP contribution in [0.3, 0.4) is 0 Å². The van der Waals surface area contributed by atoms with Crippen LogP contribution in [0.2, 0.25) is 0 Å². The van der Waals surface area contributed by atoms with Crippen molar-refractivity contribution in [3.8, 4) is 0 Å². The molecule has 5 heteroatoms. The number of nitrogens with one attached hydrogen (secondary N) is 1. The number of benzene rings is 1. The smallest absolute Gasteiger partial charge is 0.251 e. The SMILES string of the molecule is CC(C)C(=O)N(C)Cc1ccc(C(=O)NC(C)(CN)C(C)C)cc1. The van der Waals surface area contributed by atoms with Crippen molar-refractivity contribution in [2.24, 2.45) is 17.6 Å². The van der Waals surface area contributed by atoms with E-state index in [0.717, 1.165) is 5.56 Å². The Hall–Kier alpha value is -1.88. The first kappa shape index (κ1) is 20.2. The third-order valence-electron chi connectivity index (χ3n) is 4.60. The summed E-state index contributed by atoms with van der Waals surface area (Å²) < 4.78 is 0. The normalized spacial score (nSPS) is 13.7. The van der Waals surface area contributed by atoms with Crippen molar-refractivity contribution in [2.75, 3.05) is 13.6 Å². The minimum Gasteiger partial charge on any atom is -0.345 e. The lowest BCUT2D eigenvalue weighted by molar-refractivity contribution is -0.133. The van der Waals surface area contributed by atoms with E-state index >= 15 is 0 Å². The number of carbonyl (C=O) groups excluding carboxylic acids is 2. The van der Waals surface area contributed by atoms with Crippen LogP contribution in [0.5, 0.6) is 0 Å². The predicted molar refractivity (Wildman–Crippen MR) is 97.5 cm³/mol. The summed E-state index contributed by atoms with van der Waals surface area (Å²) in [6.45, 7) is 10.7. The average Bonchev–Trinajstić information content (AvgIpc) is 2.54. The Morgan fingerprint density at radius 3 is 2.12 bits per heavy atom. The van der Waals surface area contributed by atoms with Gasteiger partial charge in [0.1, 0.15) is 0 Å². The Morgan fingerprint density at radius 2 is 1.71 bits per heavy atom. The Labute approximate surface area is 145 Å². The Kier molecular flexibility index (Phi) is 6.96. The van der Waals surface area contributed by atoms with E-state index in [2.05, 4.69) is 5.32 Å². The number of hydrogen-bond acceptors (Lipinski definition) is 3. The highest BCUT2D eigenvalue weighted by atomic mass is 16.2. The fourth-order valence-corrected chi connectivity index (χ4v) is 2.32. The van der Waals surface area contributed by atoms with Gasteiger partial charge in [0.25, 0.3) is 5.91 Å². The standard InChI is InChI=1S/C19H31N3O2/c1-13(2)18(24)22(6)11-15-7-9-16(10-8-15)17(23)21-19(5,12-20)14(3)4/h7-10,13-14H,11-12,20H2,1-6H3,(H,21,23). The first-order valence-electron chi connectivity index (χ1n) is 8.47. The van der Waals surface area contributed by atoms with Gasteiger partial charge in [-0.25, -0.2) is 0 Å². The molecule has 1 atom stereocenters. The number of nitrogens with two attached hydrogens (primary N) is 1. The Bertz CT molecular complexity index is 566. The second-order valence-electron chi connectivity index (χ2n) is 7.28. The summed E-state index contributed by atoms with van der Waals surface area (Å²) in [5, 5.41) is 3.02. The molecule has 0 aromatic heterocycles. The van der Waals surface area contributed by atoms with Crippen molar-refractivity contribution >= 4 is 11.8 Å². The van der Waals surface area contributed by atoms with E-state index in [1.165, 1.54) is 0 Å². The van der Waals surface area contributed by atoms with Crippen LogP contribution in [0, 0.1) is 11.8 Å². The van der Waals surface area contributed by atoms with Crippen molar-refractivity contribution in [2.45, 2.75) is 46.7 Å². The van der Waals surface area contributed by atoms with Crippen LogP contribution in [0.25, 0.3) is 0 Å². The largest absolute Gasteiger partial charge is 0.345 e. The quantitative estimate of drug-likeness (QED) is 0.804. The molecule has 1 aromatic carbocycles. The van der Waals surface area contributed by atoms with Crippen molar-refractivity contribution in [3.05, 3.63) is 35.4 Å². The lowest BCUT2D eigenvalue weighted by atomic mass is 9.88. The molecule has 0 aliphatic heterocycles. The summed E-state index contributed by atoms with van der Waals surface area (Å²) in [7, 11) is 1.79. The summed E-state index contributed by atoms with van der Waals surface area (Å²) in [4.78, 5) is 26.0. The highest BCUT2D eigenvalue weighted by molar-refractivity contribution is 5.94. The third kappa shape index (κ3) is 5.06. The van der Waals surface area contributed by atoms with E-state index in [4.69, 9.17) is 5.73 Å². The van der Waals surface area contributed by atoms with Gasteiger partial charge in [-0.15, -0.1) is 0 Å². The summed E-state index contributed by atoms with van der Waals surface area (Å²) >= 11 is 0. The van der Waals surface area contributed by atoms with Gasteiger partial charge in [0.2, 0.25) is 5.91 Å². The molecule has 2 amide bonds. The van der Waals surface area contributed by atoms with Crippen LogP contribution in [-0.2, 0) is 11.3 Å². The molecule has 1 rings (SSSR count). The minimum atomic E-state index is -0.431. The predicted octanol–water partition coefficient (Wildman–Crippen LogP) is 2.40. The van der Waals surface area contributed by atoms with E-state index in [1.54, 1.807) is 24.1 Å². The molecule has 24 heavy (non-hydrogen) atoms. The van der Waals surface area contributed by atoms with E-state index in [9.17, 15) is 9.59 Å². The molecule has 1 unspecified atom stereocenters. The molecule has 0 fully saturated rings. The second kappa shape index (κ2) is 8.29. The lowest BCUT2D eigenvalue weighted by Crippen LogP contribution is -2.55. The van der Waals surface area contributed by atoms with Crippen LogP contribution in [-0.4, -0.2) is 35.8 Å². The summed E-state index contributed by atoms with van der Waals surface area (Å²) in [5.41, 5.74) is 6.97. The maximum atomic E-state index is 12.4. The molecule has 0 aliphatic carbocycles. The maximum absolute atomic E-state index is 12.4. The van der Waals surface area contributed by atoms with E-state index < -0.39 is 5.54 Å². The van der Waals surface area contributed by atoms with E-state index in [-0.39, 0.29) is 23.7 Å². The van der Waals surface area contributed by atoms with Crippen LogP contribution in [0.4, 0.5) is 0 Å². The van der Waals surface area contributed by atoms with Gasteiger partial charge >= 0.3 is 0 Å². The molecule has 3 N–H and O–H groups in total. The molecule has 0 saturated heterocycles. The topological polar surface area (TPSA) is 75.4 Å². The molecule has 0 spiro atoms. The fraction of sp³-hybridized carbons (Fsp3) is 0.579. The highest BCUT2D eigenvalue weighted by Crippen LogP contribution is 2.16. The van der Waals surface area contributed by atoms with Crippen LogP contribution in [0.1, 0.15) is 50.5 Å². The van der Waals surface area contributed by atoms with Gasteiger partial charge in [-0.05, 0) is 30.5 Å². The molecule has 0 radical (unpaired) electrons. The van der Waals surface area contributed by atoms with Gasteiger partial charge in [-0.2, -0.15) is 0 Å². The number of hydrogen-bond donors (Lipinski definition) is 2. The molecular weight excluding hydrogens is 302 g/mol. The summed E-state index contributed by atoms with van der Waals surface area (Å²) in [6.07, 6.45) is 0. The first-order valence-corrected chi connectivity index (χ1v) is 8.47. The van der Waals surface area contributed by atoms with Gasteiger partial charge in [-0.3, -0.25) is 9.59 Å². The highest BCUT2D eigenvalue weighted by Gasteiger charge is 2.28. The molecule has 1 aromatic rings. The van der Waals surface area contributed by atoms with E-state index in [0.29, 0.717) is 18.7 Å². The van der Waals surface area contributed by atoms with Crippen LogP contribution >= 0.6 is 0 Å². The average molecular weight is 333 g/mol. The van der Waals surface area contributed by atoms with Gasteiger partial charge in [0.15, 0.2) is 0 Å². The molecule has 0 bridgehead atoms. The van der Waals surface area contributed by atoms with Crippen LogP contribution in [0.15, 0.2) is 24.3 Å². The first-order chi connectivity index (χ1) is 11.1. The molecule has 134 valence electrons. The van der Waals surface area contributed by atoms with E-state index in [1.807, 2.05) is 46.8 Å². The number of amides is 2. The summed E-state index contributed by atoms with van der Waals surface area (Å²) in [5.74, 6) is 0.189. The maximum Gasteiger partial charge on any atom is 0.251 e. The molecular formula is C19H31N3O2. The number of carbonyl (C=O) groups is 2. The summed E-state index contributed by atoms with van der Waals surface area (Å²) in [6, 6.07) is 7.34. The molecule has 0 aliphatic rings. The van der Waals surface area contributed by atoms with Crippen molar-refractivity contribution in [1.29, 1.82) is 0 Å². The molecule has 0 heterocycles. The zero-order chi connectivity index (χ0) is 18.5. The molecule has 5 nitrogen and oxygen atoms in total. The van der Waals surface area contributed by atoms with Gasteiger partial charge in [-0.1, -0.05) is 39.8 Å². The zero-order valence-corrected chi connectivity index (χ0v) is 15.7. The van der Waals surface area contributed by atoms with Crippen molar-refractivity contribution in [1.82, 2.24) is 10.2 Å². The third-order valence-corrected chi connectivity index (χ3v) is 4.60. The van der Waals surface area contributed by atoms with Crippen molar-refractivity contribution < 1.29 is 9.59 Å². The lowest BCUT2D eigenvalue weighted by Gasteiger charge is -2.33. The monoisotopic (exact) mass is 333 g/mol. The second-order valence-corrected chi connectivity index (χ2v) is 7.28. The fourth-order valence-electron chi connectivity index (χ4n) is 2.32. The molecule has 0 saturated carbocycles. The van der Waals surface area contributed by atoms with Gasteiger partial charge in [0.05, 0.1) is 5.54 Å². The Morgan fingerprint density at radius 1 is 1.17 bits per heavy atom. The van der Waals surface area contributed by atoms with Crippen molar-refractivity contribution in [3.63, 3.8) is 0 Å². The number of nitrogens with zero attached hydrogens (tertiary/aromatic N) is 1. The van der Waals surface area contributed by atoms with Crippen LogP contribution < -0.4 is 11.1 Å². The van der Waals surface area contributed by atoms with Gasteiger partial charge < -0.3 is 16.0 Å². The minimum absolute atomic E-state index is 0.0231. The number of rotatable bonds is 7. The van der Waals surface area contributed by atoms with Gasteiger partial charge in [0, 0.05) is 31.6 Å². The Balaban J connectivity index is 2.77. The zero-order valence-electron chi connectivity index (χ0n) is 15.7.